The molecule has 0 aliphatic rings. The van der Waals surface area contributed by atoms with E-state index in [4.69, 9.17) is 11.5 Å². The Hall–Kier alpha value is -0.160. The monoisotopic (exact) mass is 162 g/mol. The van der Waals surface area contributed by atoms with E-state index in [1.165, 1.54) is 0 Å². The van der Waals surface area contributed by atoms with Crippen LogP contribution in [0.5, 0.6) is 0 Å². The van der Waals surface area contributed by atoms with Gasteiger partial charge in [0.25, 0.3) is 0 Å². The first-order valence-corrected chi connectivity index (χ1v) is 3.93. The molecule has 0 aromatic heterocycles. The van der Waals surface area contributed by atoms with Gasteiger partial charge in [0.2, 0.25) is 0 Å². The van der Waals surface area contributed by atoms with E-state index in [0.717, 1.165) is 32.5 Å². The van der Waals surface area contributed by atoms with E-state index in [1.807, 2.05) is 6.92 Å². The highest BCUT2D eigenvalue weighted by molar-refractivity contribution is 4.55. The van der Waals surface area contributed by atoms with Crippen molar-refractivity contribution >= 4 is 0 Å². The number of nitrogens with one attached hydrogen (secondary N) is 1. The molecule has 11 heavy (non-hydrogen) atoms. The lowest BCUT2D eigenvalue weighted by Gasteiger charge is -2.04. The van der Waals surface area contributed by atoms with Crippen molar-refractivity contribution in [2.45, 2.75) is 25.8 Å². The zero-order valence-corrected chi connectivity index (χ0v) is 7.47. The summed E-state index contributed by atoms with van der Waals surface area (Å²) in [5.74, 6) is 0. The third kappa shape index (κ3) is 12.9. The summed E-state index contributed by atoms with van der Waals surface area (Å²) in [6, 6.07) is 0.333. The Labute approximate surface area is 69.3 Å². The molecule has 0 aliphatic carbocycles. The fourth-order valence-corrected chi connectivity index (χ4v) is 0.776. The van der Waals surface area contributed by atoms with Crippen LogP contribution in [0.3, 0.4) is 0 Å². The van der Waals surface area contributed by atoms with Crippen LogP contribution in [-0.2, 0) is 0 Å². The van der Waals surface area contributed by atoms with Gasteiger partial charge in [0, 0.05) is 19.1 Å². The Kier molecular flexibility index (Phi) is 12.0. The van der Waals surface area contributed by atoms with Crippen LogP contribution in [0, 0.1) is 0 Å². The molecule has 0 spiro atoms. The first-order valence-electron chi connectivity index (χ1n) is 3.93. The molecule has 0 aromatic carbocycles. The summed E-state index contributed by atoms with van der Waals surface area (Å²) in [6.07, 6.45) is 2.25. The van der Waals surface area contributed by atoms with Crippen molar-refractivity contribution in [1.29, 1.82) is 0 Å². The fourth-order valence-electron chi connectivity index (χ4n) is 0.776. The number of hydrogen-bond donors (Lipinski definition) is 4. The molecule has 8 N–H and O–H groups in total. The SMILES string of the molecule is CC(N)CCCNCCN.N. The van der Waals surface area contributed by atoms with Gasteiger partial charge in [-0.05, 0) is 26.3 Å². The predicted octanol–water partition coefficient (Wildman–Crippen LogP) is -0.176. The van der Waals surface area contributed by atoms with E-state index in [9.17, 15) is 0 Å². The van der Waals surface area contributed by atoms with E-state index in [2.05, 4.69) is 5.32 Å². The number of nitrogens with two attached hydrogens (primary N) is 2. The van der Waals surface area contributed by atoms with Crippen molar-refractivity contribution in [2.75, 3.05) is 19.6 Å². The van der Waals surface area contributed by atoms with Crippen LogP contribution in [-0.4, -0.2) is 25.7 Å². The van der Waals surface area contributed by atoms with Crippen LogP contribution in [0.4, 0.5) is 0 Å². The molecule has 0 rings (SSSR count). The maximum Gasteiger partial charge on any atom is 0.00745 e. The molecule has 0 aliphatic heterocycles. The van der Waals surface area contributed by atoms with E-state index >= 15 is 0 Å². The molecule has 0 radical (unpaired) electrons. The molecule has 0 saturated heterocycles. The maximum atomic E-state index is 5.55. The third-order valence-electron chi connectivity index (χ3n) is 1.33. The van der Waals surface area contributed by atoms with E-state index < -0.39 is 0 Å². The molecular weight excluding hydrogens is 140 g/mol. The molecule has 1 atom stereocenters. The van der Waals surface area contributed by atoms with Gasteiger partial charge in [-0.1, -0.05) is 0 Å². The van der Waals surface area contributed by atoms with Gasteiger partial charge in [0.05, 0.1) is 0 Å². The molecular formula is C7H22N4. The highest BCUT2D eigenvalue weighted by atomic mass is 14.9. The van der Waals surface area contributed by atoms with Crippen LogP contribution in [0.25, 0.3) is 0 Å². The van der Waals surface area contributed by atoms with E-state index in [0.29, 0.717) is 6.04 Å². The van der Waals surface area contributed by atoms with Gasteiger partial charge >= 0.3 is 0 Å². The first kappa shape index (κ1) is 13.4. The number of rotatable bonds is 6. The van der Waals surface area contributed by atoms with Gasteiger partial charge < -0.3 is 22.9 Å². The molecule has 0 bridgehead atoms. The largest absolute Gasteiger partial charge is 0.344 e. The lowest BCUT2D eigenvalue weighted by Crippen LogP contribution is -2.25. The minimum absolute atomic E-state index is 0. The van der Waals surface area contributed by atoms with Crippen LogP contribution in [0.1, 0.15) is 19.8 Å². The van der Waals surface area contributed by atoms with E-state index in [-0.39, 0.29) is 6.15 Å². The molecule has 0 amide bonds. The Morgan fingerprint density at radius 1 is 1.36 bits per heavy atom. The van der Waals surface area contributed by atoms with Crippen molar-refractivity contribution < 1.29 is 0 Å². The summed E-state index contributed by atoms with van der Waals surface area (Å²) in [5.41, 5.74) is 10.8. The summed E-state index contributed by atoms with van der Waals surface area (Å²) in [5, 5.41) is 3.21. The van der Waals surface area contributed by atoms with Gasteiger partial charge in [-0.2, -0.15) is 0 Å². The summed E-state index contributed by atoms with van der Waals surface area (Å²) < 4.78 is 0. The quantitative estimate of drug-likeness (QED) is 0.407. The third-order valence-corrected chi connectivity index (χ3v) is 1.33. The van der Waals surface area contributed by atoms with E-state index in [1.54, 1.807) is 0 Å². The van der Waals surface area contributed by atoms with Crippen molar-refractivity contribution in [3.05, 3.63) is 0 Å². The van der Waals surface area contributed by atoms with Crippen molar-refractivity contribution in [3.63, 3.8) is 0 Å². The normalized spacial score (nSPS) is 12.3. The lowest BCUT2D eigenvalue weighted by molar-refractivity contribution is 0.578. The van der Waals surface area contributed by atoms with Gasteiger partial charge in [0.15, 0.2) is 0 Å². The average molecular weight is 162 g/mol. The second kappa shape index (κ2) is 9.84. The van der Waals surface area contributed by atoms with Crippen LogP contribution in [0.15, 0.2) is 0 Å². The molecule has 0 fully saturated rings. The van der Waals surface area contributed by atoms with Gasteiger partial charge in [-0.15, -0.1) is 0 Å². The summed E-state index contributed by atoms with van der Waals surface area (Å²) in [4.78, 5) is 0. The Morgan fingerprint density at radius 3 is 2.45 bits per heavy atom. The highest BCUT2D eigenvalue weighted by Gasteiger charge is 1.91. The fraction of sp³-hybridized carbons (Fsp3) is 1.00. The highest BCUT2D eigenvalue weighted by Crippen LogP contribution is 1.89. The molecule has 0 heterocycles. The summed E-state index contributed by atoms with van der Waals surface area (Å²) >= 11 is 0. The summed E-state index contributed by atoms with van der Waals surface area (Å²) in [7, 11) is 0. The second-order valence-corrected chi connectivity index (χ2v) is 2.66. The van der Waals surface area contributed by atoms with Gasteiger partial charge in [-0.3, -0.25) is 0 Å². The second-order valence-electron chi connectivity index (χ2n) is 2.66. The Balaban J connectivity index is 0. The van der Waals surface area contributed by atoms with Gasteiger partial charge in [0.1, 0.15) is 0 Å². The van der Waals surface area contributed by atoms with Crippen LogP contribution in [0.2, 0.25) is 0 Å². The molecule has 70 valence electrons. The molecule has 1 unspecified atom stereocenters. The molecule has 4 heteroatoms. The average Bonchev–Trinajstić information content (AvgIpc) is 1.87. The summed E-state index contributed by atoms with van der Waals surface area (Å²) in [6.45, 7) is 4.71. The standard InChI is InChI=1S/C7H19N3.H3N/c1-7(9)3-2-5-10-6-4-8;/h7,10H,2-6,8-9H2,1H3;1H3. The Morgan fingerprint density at radius 2 is 2.00 bits per heavy atom. The Bertz CT molecular complexity index is 65.5. The molecule has 4 nitrogen and oxygen atoms in total. The zero-order chi connectivity index (χ0) is 7.82. The smallest absolute Gasteiger partial charge is 0.00745 e. The zero-order valence-electron chi connectivity index (χ0n) is 7.47. The van der Waals surface area contributed by atoms with Crippen molar-refractivity contribution in [1.82, 2.24) is 11.5 Å². The van der Waals surface area contributed by atoms with Crippen molar-refractivity contribution in [2.24, 2.45) is 11.5 Å². The minimum Gasteiger partial charge on any atom is -0.344 e. The number of hydrogen-bond acceptors (Lipinski definition) is 4. The topological polar surface area (TPSA) is 99.1 Å². The minimum atomic E-state index is 0. The lowest BCUT2D eigenvalue weighted by atomic mass is 10.2. The van der Waals surface area contributed by atoms with Crippen LogP contribution < -0.4 is 22.9 Å². The molecule has 0 aromatic rings. The predicted molar refractivity (Wildman–Crippen MR) is 49.8 cm³/mol. The maximum absolute atomic E-state index is 5.55. The van der Waals surface area contributed by atoms with Gasteiger partial charge in [-0.25, -0.2) is 0 Å². The van der Waals surface area contributed by atoms with Crippen molar-refractivity contribution in [3.8, 4) is 0 Å². The molecule has 0 saturated carbocycles. The first-order chi connectivity index (χ1) is 4.77. The van der Waals surface area contributed by atoms with Crippen LogP contribution >= 0.6 is 0 Å².